The molecule has 0 spiro atoms. The fourth-order valence-electron chi connectivity index (χ4n) is 3.69. The van der Waals surface area contributed by atoms with Crippen LogP contribution in [0.25, 0.3) is 0 Å². The van der Waals surface area contributed by atoms with E-state index in [0.29, 0.717) is 39.0 Å². The molecule has 2 heterocycles. The van der Waals surface area contributed by atoms with Gasteiger partial charge >= 0.3 is 6.03 Å². The summed E-state index contributed by atoms with van der Waals surface area (Å²) in [5, 5.41) is 6.00. The van der Waals surface area contributed by atoms with Crippen LogP contribution in [0.15, 0.2) is 24.3 Å². The van der Waals surface area contributed by atoms with E-state index in [9.17, 15) is 9.59 Å². The van der Waals surface area contributed by atoms with Crippen LogP contribution in [-0.2, 0) is 16.1 Å². The Morgan fingerprint density at radius 1 is 1.21 bits per heavy atom. The van der Waals surface area contributed by atoms with Crippen LogP contribution in [0.1, 0.15) is 38.2 Å². The van der Waals surface area contributed by atoms with E-state index in [4.69, 9.17) is 9.47 Å². The van der Waals surface area contributed by atoms with Crippen LogP contribution >= 0.6 is 0 Å². The van der Waals surface area contributed by atoms with Crippen LogP contribution in [-0.4, -0.2) is 56.3 Å². The second kappa shape index (κ2) is 9.28. The van der Waals surface area contributed by atoms with Crippen molar-refractivity contribution in [2.75, 3.05) is 33.4 Å². The smallest absolute Gasteiger partial charge is 0.317 e. The Kier molecular flexibility index (Phi) is 6.78. The molecule has 0 bridgehead atoms. The Labute approximate surface area is 166 Å². The van der Waals surface area contributed by atoms with Crippen molar-refractivity contribution in [1.29, 1.82) is 0 Å². The zero-order chi connectivity index (χ0) is 20.0. The van der Waals surface area contributed by atoms with Gasteiger partial charge in [0.2, 0.25) is 5.91 Å². The molecule has 2 aliphatic rings. The molecule has 0 aliphatic carbocycles. The molecule has 2 N–H and O–H groups in total. The fourth-order valence-corrected chi connectivity index (χ4v) is 3.69. The number of carbonyl (C=O) groups excluding carboxylic acids is 2. The molecule has 7 heteroatoms. The highest BCUT2D eigenvalue weighted by Crippen LogP contribution is 2.31. The molecule has 1 aromatic carbocycles. The molecule has 2 saturated heterocycles. The van der Waals surface area contributed by atoms with Crippen molar-refractivity contribution >= 4 is 11.9 Å². The van der Waals surface area contributed by atoms with Gasteiger partial charge in [-0.1, -0.05) is 19.1 Å². The third-order valence-corrected chi connectivity index (χ3v) is 5.82. The number of rotatable bonds is 6. The monoisotopic (exact) mass is 389 g/mol. The Balaban J connectivity index is 1.42. The summed E-state index contributed by atoms with van der Waals surface area (Å²) >= 11 is 0. The van der Waals surface area contributed by atoms with E-state index in [1.807, 2.05) is 31.2 Å². The van der Waals surface area contributed by atoms with E-state index in [1.165, 1.54) is 0 Å². The summed E-state index contributed by atoms with van der Waals surface area (Å²) in [5.41, 5.74) is 0.585. The number of amides is 3. The van der Waals surface area contributed by atoms with Crippen molar-refractivity contribution in [2.45, 2.75) is 45.3 Å². The molecule has 2 fully saturated rings. The summed E-state index contributed by atoms with van der Waals surface area (Å²) in [6, 6.07) is 7.61. The second-order valence-electron chi connectivity index (χ2n) is 7.90. The van der Waals surface area contributed by atoms with Gasteiger partial charge in [-0.15, -0.1) is 0 Å². The molecular weight excluding hydrogens is 358 g/mol. The third-order valence-electron chi connectivity index (χ3n) is 5.82. The predicted molar refractivity (Wildman–Crippen MR) is 106 cm³/mol. The van der Waals surface area contributed by atoms with Gasteiger partial charge in [0.15, 0.2) is 0 Å². The molecule has 7 nitrogen and oxygen atoms in total. The number of likely N-dealkylation sites (tertiary alicyclic amines) is 1. The Morgan fingerprint density at radius 2 is 1.93 bits per heavy atom. The summed E-state index contributed by atoms with van der Waals surface area (Å²) in [4.78, 5) is 26.9. The summed E-state index contributed by atoms with van der Waals surface area (Å²) in [6.07, 6.45) is 3.53. The maximum atomic E-state index is 12.7. The van der Waals surface area contributed by atoms with E-state index in [1.54, 1.807) is 12.0 Å². The molecule has 0 unspecified atom stereocenters. The first-order valence-electron chi connectivity index (χ1n) is 10.1. The number of ether oxygens (including phenoxy) is 2. The third kappa shape index (κ3) is 5.16. The zero-order valence-electron chi connectivity index (χ0n) is 16.8. The molecule has 0 saturated carbocycles. The lowest BCUT2D eigenvalue weighted by molar-refractivity contribution is -0.132. The molecule has 0 aromatic heterocycles. The summed E-state index contributed by atoms with van der Waals surface area (Å²) in [6.45, 7) is 5.00. The Morgan fingerprint density at radius 3 is 2.54 bits per heavy atom. The number of benzene rings is 1. The average molecular weight is 389 g/mol. The van der Waals surface area contributed by atoms with Crippen LogP contribution in [0, 0.1) is 5.41 Å². The van der Waals surface area contributed by atoms with Crippen LogP contribution in [0.3, 0.4) is 0 Å². The van der Waals surface area contributed by atoms with E-state index >= 15 is 0 Å². The average Bonchev–Trinajstić information content (AvgIpc) is 3.25. The molecule has 1 atom stereocenters. The quantitative estimate of drug-likeness (QED) is 0.782. The summed E-state index contributed by atoms with van der Waals surface area (Å²) in [7, 11) is 1.63. The van der Waals surface area contributed by atoms with Gasteiger partial charge in [-0.3, -0.25) is 4.79 Å². The standard InChI is InChI=1S/C21H31N3O4/c1-21(19(25)22-14-16-5-7-17(27-2)8-6-16)9-11-24(12-10-21)20(26)23-15-18-4-3-13-28-18/h5-8,18H,3-4,9-15H2,1-2H3,(H,22,25)(H,23,26)/t18-/m0/s1. The van der Waals surface area contributed by atoms with Gasteiger partial charge in [0.05, 0.1) is 13.2 Å². The number of hydrogen-bond acceptors (Lipinski definition) is 4. The van der Waals surface area contributed by atoms with Crippen molar-refractivity contribution < 1.29 is 19.1 Å². The first-order valence-corrected chi connectivity index (χ1v) is 10.1. The highest BCUT2D eigenvalue weighted by molar-refractivity contribution is 5.83. The lowest BCUT2D eigenvalue weighted by Gasteiger charge is -2.38. The minimum Gasteiger partial charge on any atom is -0.497 e. The van der Waals surface area contributed by atoms with Crippen molar-refractivity contribution in [3.63, 3.8) is 0 Å². The van der Waals surface area contributed by atoms with Crippen LogP contribution < -0.4 is 15.4 Å². The van der Waals surface area contributed by atoms with Gasteiger partial charge in [0.25, 0.3) is 0 Å². The number of nitrogens with one attached hydrogen (secondary N) is 2. The largest absolute Gasteiger partial charge is 0.497 e. The first kappa shape index (κ1) is 20.5. The molecular formula is C21H31N3O4. The molecule has 0 radical (unpaired) electrons. The summed E-state index contributed by atoms with van der Waals surface area (Å²) < 4.78 is 10.7. The Hall–Kier alpha value is -2.28. The Bertz CT molecular complexity index is 663. The zero-order valence-corrected chi connectivity index (χ0v) is 16.8. The molecule has 28 heavy (non-hydrogen) atoms. The number of urea groups is 1. The van der Waals surface area contributed by atoms with Crippen molar-refractivity contribution in [3.8, 4) is 5.75 Å². The predicted octanol–water partition coefficient (Wildman–Crippen LogP) is 2.30. The van der Waals surface area contributed by atoms with E-state index in [-0.39, 0.29) is 18.0 Å². The number of methoxy groups -OCH3 is 1. The molecule has 1 aromatic rings. The van der Waals surface area contributed by atoms with E-state index < -0.39 is 5.41 Å². The van der Waals surface area contributed by atoms with Crippen LogP contribution in [0.5, 0.6) is 5.75 Å². The lowest BCUT2D eigenvalue weighted by Crippen LogP contribution is -2.51. The number of hydrogen-bond donors (Lipinski definition) is 2. The molecule has 3 amide bonds. The van der Waals surface area contributed by atoms with Gasteiger partial charge < -0.3 is 25.0 Å². The first-order chi connectivity index (χ1) is 13.5. The topological polar surface area (TPSA) is 79.9 Å². The maximum Gasteiger partial charge on any atom is 0.317 e. The maximum absolute atomic E-state index is 12.7. The number of piperidine rings is 1. The van der Waals surface area contributed by atoms with Crippen LogP contribution in [0.4, 0.5) is 4.79 Å². The fraction of sp³-hybridized carbons (Fsp3) is 0.619. The molecule has 3 rings (SSSR count). The number of nitrogens with zero attached hydrogens (tertiary/aromatic N) is 1. The number of carbonyl (C=O) groups is 2. The highest BCUT2D eigenvalue weighted by atomic mass is 16.5. The van der Waals surface area contributed by atoms with Crippen LogP contribution in [0.2, 0.25) is 0 Å². The van der Waals surface area contributed by atoms with Crippen molar-refractivity contribution in [3.05, 3.63) is 29.8 Å². The SMILES string of the molecule is COc1ccc(CNC(=O)C2(C)CCN(C(=O)NC[C@@H]3CCCO3)CC2)cc1. The van der Waals surface area contributed by atoms with Crippen molar-refractivity contribution in [1.82, 2.24) is 15.5 Å². The van der Waals surface area contributed by atoms with Gasteiger partial charge in [0, 0.05) is 38.2 Å². The molecule has 154 valence electrons. The minimum absolute atomic E-state index is 0.0442. The van der Waals surface area contributed by atoms with Gasteiger partial charge in [-0.05, 0) is 43.4 Å². The van der Waals surface area contributed by atoms with Crippen molar-refractivity contribution in [2.24, 2.45) is 5.41 Å². The van der Waals surface area contributed by atoms with Gasteiger partial charge in [0.1, 0.15) is 5.75 Å². The van der Waals surface area contributed by atoms with Gasteiger partial charge in [-0.25, -0.2) is 4.79 Å². The van der Waals surface area contributed by atoms with E-state index in [0.717, 1.165) is 30.8 Å². The highest BCUT2D eigenvalue weighted by Gasteiger charge is 2.38. The second-order valence-corrected chi connectivity index (χ2v) is 7.90. The minimum atomic E-state index is -0.447. The molecule has 2 aliphatic heterocycles. The van der Waals surface area contributed by atoms with E-state index in [2.05, 4.69) is 10.6 Å². The van der Waals surface area contributed by atoms with Gasteiger partial charge in [-0.2, -0.15) is 0 Å². The normalized spacial score (nSPS) is 21.2. The summed E-state index contributed by atoms with van der Waals surface area (Å²) in [5.74, 6) is 0.843. The lowest BCUT2D eigenvalue weighted by atomic mass is 9.79.